The Morgan fingerprint density at radius 2 is 1.97 bits per heavy atom. The molecule has 0 spiro atoms. The van der Waals surface area contributed by atoms with Crippen molar-refractivity contribution in [1.82, 2.24) is 15.6 Å². The van der Waals surface area contributed by atoms with Crippen molar-refractivity contribution in [3.8, 4) is 11.5 Å². The molecule has 9 heteroatoms. The van der Waals surface area contributed by atoms with Gasteiger partial charge in [-0.05, 0) is 29.8 Å². The number of carbonyl (C=O) groups is 2. The summed E-state index contributed by atoms with van der Waals surface area (Å²) in [5.74, 6) is 0.613. The Hall–Kier alpha value is -3.14. The molecular formula is C24H28N4O5. The third kappa shape index (κ3) is 4.39. The molecule has 0 bridgehead atoms. The van der Waals surface area contributed by atoms with Crippen molar-refractivity contribution in [2.24, 2.45) is 11.8 Å². The Kier molecular flexibility index (Phi) is 6.17. The molecule has 0 saturated carbocycles. The molecule has 0 aliphatic carbocycles. The number of likely N-dealkylation sites (tertiary alicyclic amines) is 1. The van der Waals surface area contributed by atoms with Crippen LogP contribution in [0.15, 0.2) is 48.5 Å². The molecule has 2 saturated heterocycles. The molecule has 3 unspecified atom stereocenters. The minimum atomic E-state index is -0.382. The number of fused-ring (bicyclic) bond motifs is 2. The van der Waals surface area contributed by atoms with Crippen LogP contribution < -0.4 is 25.2 Å². The van der Waals surface area contributed by atoms with Gasteiger partial charge in [-0.1, -0.05) is 24.3 Å². The van der Waals surface area contributed by atoms with Gasteiger partial charge in [-0.15, -0.1) is 0 Å². The van der Waals surface area contributed by atoms with Crippen molar-refractivity contribution in [3.63, 3.8) is 0 Å². The monoisotopic (exact) mass is 452 g/mol. The molecule has 2 aromatic rings. The van der Waals surface area contributed by atoms with Crippen LogP contribution in [0.3, 0.4) is 0 Å². The number of para-hydroxylation sites is 1. The Morgan fingerprint density at radius 3 is 2.79 bits per heavy atom. The molecule has 0 aromatic heterocycles. The van der Waals surface area contributed by atoms with Gasteiger partial charge in [0.2, 0.25) is 18.6 Å². The van der Waals surface area contributed by atoms with Crippen LogP contribution >= 0.6 is 0 Å². The average molecular weight is 453 g/mol. The predicted octanol–water partition coefficient (Wildman–Crippen LogP) is 1.15. The minimum absolute atomic E-state index is 0.0121. The van der Waals surface area contributed by atoms with Crippen LogP contribution in [0, 0.1) is 11.8 Å². The van der Waals surface area contributed by atoms with Crippen LogP contribution in [0.2, 0.25) is 0 Å². The number of nitrogens with zero attached hydrogens (tertiary/aromatic N) is 2. The van der Waals surface area contributed by atoms with E-state index in [9.17, 15) is 9.59 Å². The number of anilines is 1. The molecule has 2 aromatic carbocycles. The zero-order valence-corrected chi connectivity index (χ0v) is 18.5. The standard InChI is InChI=1S/C24H28N4O5/c1-31-10-9-27-13-18(23(29)25-12-16-7-8-20-21(11-16)33-15-32-20)22-19(14-27)24(30)28(26-22)17-5-3-2-4-6-17/h2-8,11,18-19,22,26H,9-10,12-15H2,1H3,(H,25,29). The van der Waals surface area contributed by atoms with Crippen molar-refractivity contribution in [2.45, 2.75) is 12.6 Å². The fourth-order valence-corrected chi connectivity index (χ4v) is 4.73. The topological polar surface area (TPSA) is 92.4 Å². The third-order valence-corrected chi connectivity index (χ3v) is 6.46. The second-order valence-electron chi connectivity index (χ2n) is 8.53. The number of piperidine rings is 1. The van der Waals surface area contributed by atoms with Crippen molar-refractivity contribution in [2.75, 3.05) is 45.2 Å². The zero-order chi connectivity index (χ0) is 22.8. The van der Waals surface area contributed by atoms with E-state index < -0.39 is 0 Å². The maximum atomic E-state index is 13.3. The molecule has 3 aliphatic rings. The van der Waals surface area contributed by atoms with Crippen LogP contribution in [0.1, 0.15) is 5.56 Å². The van der Waals surface area contributed by atoms with Crippen LogP contribution in [0.4, 0.5) is 5.69 Å². The van der Waals surface area contributed by atoms with E-state index in [0.717, 1.165) is 11.3 Å². The maximum absolute atomic E-state index is 13.3. The van der Waals surface area contributed by atoms with Gasteiger partial charge in [0.15, 0.2) is 11.5 Å². The molecule has 2 N–H and O–H groups in total. The lowest BCUT2D eigenvalue weighted by molar-refractivity contribution is -0.130. The summed E-state index contributed by atoms with van der Waals surface area (Å²) in [5.41, 5.74) is 5.03. The molecule has 3 aliphatic heterocycles. The first-order chi connectivity index (χ1) is 16.1. The number of ether oxygens (including phenoxy) is 3. The highest BCUT2D eigenvalue weighted by Gasteiger charge is 2.50. The Labute approximate surface area is 192 Å². The molecule has 33 heavy (non-hydrogen) atoms. The van der Waals surface area contributed by atoms with Crippen molar-refractivity contribution in [3.05, 3.63) is 54.1 Å². The van der Waals surface area contributed by atoms with Crippen LogP contribution in [0.25, 0.3) is 0 Å². The van der Waals surface area contributed by atoms with E-state index in [4.69, 9.17) is 14.2 Å². The Balaban J connectivity index is 1.31. The lowest BCUT2D eigenvalue weighted by Gasteiger charge is -2.38. The average Bonchev–Trinajstić information content (AvgIpc) is 3.45. The zero-order valence-electron chi connectivity index (χ0n) is 18.5. The number of carbonyl (C=O) groups excluding carboxylic acids is 2. The first-order valence-corrected chi connectivity index (χ1v) is 11.2. The first-order valence-electron chi connectivity index (χ1n) is 11.2. The number of hydrogen-bond donors (Lipinski definition) is 2. The minimum Gasteiger partial charge on any atom is -0.454 e. The molecule has 2 amide bonds. The summed E-state index contributed by atoms with van der Waals surface area (Å²) in [5, 5.41) is 4.65. The van der Waals surface area contributed by atoms with E-state index in [1.807, 2.05) is 48.5 Å². The second-order valence-corrected chi connectivity index (χ2v) is 8.53. The molecule has 3 atom stereocenters. The summed E-state index contributed by atoms with van der Waals surface area (Å²) >= 11 is 0. The van der Waals surface area contributed by atoms with Crippen LogP contribution in [-0.4, -0.2) is 62.9 Å². The van der Waals surface area contributed by atoms with Crippen molar-refractivity contribution >= 4 is 17.5 Å². The van der Waals surface area contributed by atoms with E-state index in [1.54, 1.807) is 12.1 Å². The number of nitrogens with one attached hydrogen (secondary N) is 2. The largest absolute Gasteiger partial charge is 0.454 e. The maximum Gasteiger partial charge on any atom is 0.247 e. The SMILES string of the molecule is COCCN1CC(C(=O)NCc2ccc3c(c2)OCO3)C2NN(c3ccccc3)C(=O)C2C1. The van der Waals surface area contributed by atoms with E-state index in [2.05, 4.69) is 15.6 Å². The van der Waals surface area contributed by atoms with Crippen molar-refractivity contribution < 1.29 is 23.8 Å². The summed E-state index contributed by atoms with van der Waals surface area (Å²) in [4.78, 5) is 28.7. The van der Waals surface area contributed by atoms with Gasteiger partial charge in [0.25, 0.3) is 0 Å². The number of hydrazine groups is 1. The molecule has 2 fully saturated rings. The van der Waals surface area contributed by atoms with Gasteiger partial charge in [0.1, 0.15) is 0 Å². The van der Waals surface area contributed by atoms with Gasteiger partial charge in [-0.2, -0.15) is 0 Å². The summed E-state index contributed by atoms with van der Waals surface area (Å²) in [6.45, 7) is 2.95. The number of methoxy groups -OCH3 is 1. The number of hydrogen-bond acceptors (Lipinski definition) is 7. The molecule has 3 heterocycles. The Morgan fingerprint density at radius 1 is 1.15 bits per heavy atom. The second kappa shape index (κ2) is 9.38. The van der Waals surface area contributed by atoms with Gasteiger partial charge >= 0.3 is 0 Å². The highest BCUT2D eigenvalue weighted by Crippen LogP contribution is 2.33. The highest BCUT2D eigenvalue weighted by molar-refractivity contribution is 5.98. The van der Waals surface area contributed by atoms with Crippen molar-refractivity contribution in [1.29, 1.82) is 0 Å². The van der Waals surface area contributed by atoms with E-state index in [1.165, 1.54) is 0 Å². The molecule has 5 rings (SSSR count). The molecule has 9 nitrogen and oxygen atoms in total. The van der Waals surface area contributed by atoms with Gasteiger partial charge < -0.3 is 19.5 Å². The highest BCUT2D eigenvalue weighted by atomic mass is 16.7. The van der Waals surface area contributed by atoms with E-state index >= 15 is 0 Å². The lowest BCUT2D eigenvalue weighted by Crippen LogP contribution is -2.57. The number of rotatable bonds is 7. The summed E-state index contributed by atoms with van der Waals surface area (Å²) in [7, 11) is 1.65. The van der Waals surface area contributed by atoms with Gasteiger partial charge in [-0.3, -0.25) is 14.5 Å². The third-order valence-electron chi connectivity index (χ3n) is 6.46. The number of amides is 2. The van der Waals surface area contributed by atoms with Crippen LogP contribution in [-0.2, 0) is 20.9 Å². The van der Waals surface area contributed by atoms with E-state index in [-0.39, 0.29) is 36.5 Å². The smallest absolute Gasteiger partial charge is 0.247 e. The Bertz CT molecular complexity index is 1020. The van der Waals surface area contributed by atoms with E-state index in [0.29, 0.717) is 44.3 Å². The van der Waals surface area contributed by atoms with Gasteiger partial charge in [0, 0.05) is 33.3 Å². The van der Waals surface area contributed by atoms with Gasteiger partial charge in [0.05, 0.1) is 30.2 Å². The fraction of sp³-hybridized carbons (Fsp3) is 0.417. The summed E-state index contributed by atoms with van der Waals surface area (Å²) < 4.78 is 16.0. The predicted molar refractivity (Wildman–Crippen MR) is 121 cm³/mol. The normalized spacial score (nSPS) is 24.1. The summed E-state index contributed by atoms with van der Waals surface area (Å²) in [6, 6.07) is 14.9. The summed E-state index contributed by atoms with van der Waals surface area (Å²) in [6.07, 6.45) is 0. The van der Waals surface area contributed by atoms with Gasteiger partial charge in [-0.25, -0.2) is 10.4 Å². The number of benzene rings is 2. The lowest BCUT2D eigenvalue weighted by atomic mass is 9.84. The molecule has 0 radical (unpaired) electrons. The van der Waals surface area contributed by atoms with Crippen LogP contribution in [0.5, 0.6) is 11.5 Å². The fourth-order valence-electron chi connectivity index (χ4n) is 4.73. The first kappa shape index (κ1) is 21.7. The quantitative estimate of drug-likeness (QED) is 0.651. The molecule has 174 valence electrons. The molecular weight excluding hydrogens is 424 g/mol.